The second-order valence-electron chi connectivity index (χ2n) is 5.01. The third-order valence-electron chi connectivity index (χ3n) is 3.67. The van der Waals surface area contributed by atoms with E-state index in [9.17, 15) is 0 Å². The minimum atomic E-state index is 0.384. The number of rotatable bonds is 6. The predicted octanol–water partition coefficient (Wildman–Crippen LogP) is 1.66. The second kappa shape index (κ2) is 7.46. The first-order valence-corrected chi connectivity index (χ1v) is 6.82. The minimum Gasteiger partial charge on any atom is -0.381 e. The summed E-state index contributed by atoms with van der Waals surface area (Å²) in [6.07, 6.45) is 7.36. The molecular formula is C14H23N3O. The molecule has 100 valence electrons. The number of nitrogens with zero attached hydrogens (tertiary/aromatic N) is 1. The summed E-state index contributed by atoms with van der Waals surface area (Å²) in [5.41, 5.74) is 4.09. The van der Waals surface area contributed by atoms with E-state index in [1.807, 2.05) is 18.3 Å². The van der Waals surface area contributed by atoms with Crippen molar-refractivity contribution < 1.29 is 4.74 Å². The van der Waals surface area contributed by atoms with Gasteiger partial charge in [-0.1, -0.05) is 6.07 Å². The molecule has 4 nitrogen and oxygen atoms in total. The lowest BCUT2D eigenvalue weighted by Crippen LogP contribution is -2.38. The van der Waals surface area contributed by atoms with Crippen LogP contribution in [0.15, 0.2) is 24.4 Å². The van der Waals surface area contributed by atoms with Crippen molar-refractivity contribution in [3.8, 4) is 0 Å². The summed E-state index contributed by atoms with van der Waals surface area (Å²) in [6, 6.07) is 6.44. The Bertz CT molecular complexity index is 325. The molecule has 1 unspecified atom stereocenters. The topological polar surface area (TPSA) is 60.2 Å². The molecule has 1 fully saturated rings. The van der Waals surface area contributed by atoms with Crippen LogP contribution in [-0.4, -0.2) is 24.2 Å². The van der Waals surface area contributed by atoms with Gasteiger partial charge in [-0.15, -0.1) is 0 Å². The quantitative estimate of drug-likeness (QED) is 0.594. The van der Waals surface area contributed by atoms with Crippen molar-refractivity contribution in [2.24, 2.45) is 11.8 Å². The van der Waals surface area contributed by atoms with E-state index in [0.29, 0.717) is 6.04 Å². The number of aryl methyl sites for hydroxylation is 1. The van der Waals surface area contributed by atoms with Crippen molar-refractivity contribution in [1.29, 1.82) is 0 Å². The molecule has 2 heterocycles. The van der Waals surface area contributed by atoms with Gasteiger partial charge in [0.25, 0.3) is 0 Å². The van der Waals surface area contributed by atoms with Gasteiger partial charge in [0, 0.05) is 31.1 Å². The number of nitrogens with two attached hydrogens (primary N) is 1. The van der Waals surface area contributed by atoms with E-state index < -0.39 is 0 Å². The van der Waals surface area contributed by atoms with Crippen LogP contribution in [0.4, 0.5) is 0 Å². The Morgan fingerprint density at radius 2 is 2.22 bits per heavy atom. The van der Waals surface area contributed by atoms with Crippen LogP contribution in [0.25, 0.3) is 0 Å². The van der Waals surface area contributed by atoms with Crippen LogP contribution < -0.4 is 11.3 Å². The molecule has 1 aliphatic rings. The molecule has 0 aromatic carbocycles. The molecule has 0 spiro atoms. The predicted molar refractivity (Wildman–Crippen MR) is 71.8 cm³/mol. The van der Waals surface area contributed by atoms with Crippen LogP contribution >= 0.6 is 0 Å². The molecule has 0 aliphatic carbocycles. The zero-order chi connectivity index (χ0) is 12.6. The number of hydrogen-bond acceptors (Lipinski definition) is 4. The molecule has 1 aromatic rings. The Morgan fingerprint density at radius 3 is 2.89 bits per heavy atom. The lowest BCUT2D eigenvalue weighted by molar-refractivity contribution is 0.0602. The van der Waals surface area contributed by atoms with Gasteiger partial charge in [-0.25, -0.2) is 0 Å². The average molecular weight is 249 g/mol. The fraction of sp³-hybridized carbons (Fsp3) is 0.643. The largest absolute Gasteiger partial charge is 0.381 e. The standard InChI is InChI=1S/C14H23N3O/c15-17-14(11-12-6-9-18-10-7-12)5-4-13-3-1-2-8-16-13/h1-3,8,12,14,17H,4-7,9-11,15H2. The van der Waals surface area contributed by atoms with Crippen LogP contribution in [0.5, 0.6) is 0 Å². The lowest BCUT2D eigenvalue weighted by atomic mass is 9.91. The molecule has 1 aromatic heterocycles. The van der Waals surface area contributed by atoms with E-state index in [-0.39, 0.29) is 0 Å². The van der Waals surface area contributed by atoms with Gasteiger partial charge in [-0.2, -0.15) is 0 Å². The highest BCUT2D eigenvalue weighted by molar-refractivity contribution is 5.03. The molecule has 1 aliphatic heterocycles. The van der Waals surface area contributed by atoms with E-state index in [2.05, 4.69) is 16.5 Å². The molecule has 3 N–H and O–H groups in total. The van der Waals surface area contributed by atoms with Gasteiger partial charge in [-0.05, 0) is 50.2 Å². The van der Waals surface area contributed by atoms with Crippen molar-refractivity contribution in [3.63, 3.8) is 0 Å². The molecular weight excluding hydrogens is 226 g/mol. The number of ether oxygens (including phenoxy) is 1. The molecule has 2 rings (SSSR count). The van der Waals surface area contributed by atoms with E-state index in [1.54, 1.807) is 0 Å². The lowest BCUT2D eigenvalue weighted by Gasteiger charge is -2.26. The smallest absolute Gasteiger partial charge is 0.0468 e. The van der Waals surface area contributed by atoms with Gasteiger partial charge in [0.05, 0.1) is 0 Å². The van der Waals surface area contributed by atoms with Crippen LogP contribution in [0.2, 0.25) is 0 Å². The Kier molecular flexibility index (Phi) is 5.58. The maximum atomic E-state index is 5.65. The fourth-order valence-electron chi connectivity index (χ4n) is 2.52. The summed E-state index contributed by atoms with van der Waals surface area (Å²) in [5, 5.41) is 0. The van der Waals surface area contributed by atoms with E-state index in [1.165, 1.54) is 12.8 Å². The van der Waals surface area contributed by atoms with E-state index in [0.717, 1.165) is 44.1 Å². The van der Waals surface area contributed by atoms with Gasteiger partial charge in [0.15, 0.2) is 0 Å². The van der Waals surface area contributed by atoms with Crippen molar-refractivity contribution >= 4 is 0 Å². The Morgan fingerprint density at radius 1 is 1.39 bits per heavy atom. The SMILES string of the molecule is NNC(CCc1ccccn1)CC1CCOCC1. The van der Waals surface area contributed by atoms with Gasteiger partial charge in [0.2, 0.25) is 0 Å². The number of hydrogen-bond donors (Lipinski definition) is 2. The third kappa shape index (κ3) is 4.37. The van der Waals surface area contributed by atoms with Crippen LogP contribution in [-0.2, 0) is 11.2 Å². The molecule has 0 bridgehead atoms. The van der Waals surface area contributed by atoms with Crippen molar-refractivity contribution in [2.75, 3.05) is 13.2 Å². The molecule has 0 radical (unpaired) electrons. The summed E-state index contributed by atoms with van der Waals surface area (Å²) in [7, 11) is 0. The normalized spacial score (nSPS) is 18.7. The molecule has 0 amide bonds. The molecule has 1 saturated heterocycles. The number of nitrogens with one attached hydrogen (secondary N) is 1. The maximum absolute atomic E-state index is 5.65. The maximum Gasteiger partial charge on any atom is 0.0468 e. The van der Waals surface area contributed by atoms with Crippen molar-refractivity contribution in [1.82, 2.24) is 10.4 Å². The molecule has 4 heteroatoms. The highest BCUT2D eigenvalue weighted by Gasteiger charge is 2.18. The van der Waals surface area contributed by atoms with Gasteiger partial charge in [-0.3, -0.25) is 16.3 Å². The summed E-state index contributed by atoms with van der Waals surface area (Å²) in [4.78, 5) is 4.34. The van der Waals surface area contributed by atoms with Crippen LogP contribution in [0, 0.1) is 5.92 Å². The number of hydrazine groups is 1. The highest BCUT2D eigenvalue weighted by Crippen LogP contribution is 2.21. The summed E-state index contributed by atoms with van der Waals surface area (Å²) >= 11 is 0. The van der Waals surface area contributed by atoms with Crippen LogP contribution in [0.1, 0.15) is 31.4 Å². The summed E-state index contributed by atoms with van der Waals surface area (Å²) < 4.78 is 5.38. The fourth-order valence-corrected chi connectivity index (χ4v) is 2.52. The number of aromatic nitrogens is 1. The first kappa shape index (κ1) is 13.5. The Balaban J connectivity index is 1.74. The van der Waals surface area contributed by atoms with Gasteiger partial charge >= 0.3 is 0 Å². The Hall–Kier alpha value is -0.970. The molecule has 18 heavy (non-hydrogen) atoms. The first-order valence-electron chi connectivity index (χ1n) is 6.82. The first-order chi connectivity index (χ1) is 8.88. The number of pyridine rings is 1. The minimum absolute atomic E-state index is 0.384. The summed E-state index contributed by atoms with van der Waals surface area (Å²) in [6.45, 7) is 1.81. The van der Waals surface area contributed by atoms with E-state index >= 15 is 0 Å². The Labute approximate surface area is 109 Å². The highest BCUT2D eigenvalue weighted by atomic mass is 16.5. The molecule has 1 atom stereocenters. The van der Waals surface area contributed by atoms with Crippen LogP contribution in [0.3, 0.4) is 0 Å². The average Bonchev–Trinajstić information content (AvgIpc) is 2.45. The zero-order valence-electron chi connectivity index (χ0n) is 10.8. The van der Waals surface area contributed by atoms with E-state index in [4.69, 9.17) is 10.6 Å². The monoisotopic (exact) mass is 249 g/mol. The molecule has 0 saturated carbocycles. The van der Waals surface area contributed by atoms with Gasteiger partial charge < -0.3 is 4.74 Å². The zero-order valence-corrected chi connectivity index (χ0v) is 10.8. The second-order valence-corrected chi connectivity index (χ2v) is 5.01. The summed E-state index contributed by atoms with van der Waals surface area (Å²) in [5.74, 6) is 6.41. The van der Waals surface area contributed by atoms with Crippen molar-refractivity contribution in [3.05, 3.63) is 30.1 Å². The third-order valence-corrected chi connectivity index (χ3v) is 3.67. The van der Waals surface area contributed by atoms with Crippen molar-refractivity contribution in [2.45, 2.75) is 38.1 Å². The van der Waals surface area contributed by atoms with Gasteiger partial charge in [0.1, 0.15) is 0 Å².